The van der Waals surface area contributed by atoms with Crippen molar-refractivity contribution in [2.75, 3.05) is 0 Å². The van der Waals surface area contributed by atoms with Crippen LogP contribution < -0.4 is 5.57 Å². The zero-order chi connectivity index (χ0) is 12.5. The average molecular weight is 257 g/mol. The van der Waals surface area contributed by atoms with Gasteiger partial charge < -0.3 is 5.11 Å². The first-order chi connectivity index (χ1) is 8.78. The maximum Gasteiger partial charge on any atom is 0.167 e. The quantitative estimate of drug-likeness (QED) is 0.706. The predicted molar refractivity (Wildman–Crippen MR) is 73.7 cm³/mol. The molecule has 1 unspecified atom stereocenters. The van der Waals surface area contributed by atoms with Crippen LogP contribution in [0.5, 0.6) is 0 Å². The number of pyridine rings is 1. The molecule has 4 nitrogen and oxygen atoms in total. The third-order valence-corrected chi connectivity index (χ3v) is 3.05. The first kappa shape index (κ1) is 11.3. The maximum absolute atomic E-state index is 9.04. The molecule has 0 aliphatic carbocycles. The van der Waals surface area contributed by atoms with Crippen LogP contribution in [0.4, 0.5) is 0 Å². The number of benzene rings is 1. The highest BCUT2D eigenvalue weighted by molar-refractivity contribution is 7.26. The number of rotatable bonds is 2. The Kier molecular flexibility index (Phi) is 2.82. The lowest BCUT2D eigenvalue weighted by Crippen LogP contribution is -1.98. The van der Waals surface area contributed by atoms with E-state index < -0.39 is 0 Å². The number of aliphatic hydroxyl groups excluding tert-OH is 1. The molecular formula is C13H12N3OP. The normalized spacial score (nSPS) is 11.0. The van der Waals surface area contributed by atoms with Crippen molar-refractivity contribution in [3.8, 4) is 11.3 Å². The molecule has 5 heteroatoms. The van der Waals surface area contributed by atoms with Gasteiger partial charge in [0, 0.05) is 5.56 Å². The molecule has 0 bridgehead atoms. The van der Waals surface area contributed by atoms with Gasteiger partial charge in [0.1, 0.15) is 0 Å². The lowest BCUT2D eigenvalue weighted by Gasteiger charge is -2.04. The molecule has 18 heavy (non-hydrogen) atoms. The van der Waals surface area contributed by atoms with Gasteiger partial charge in [-0.3, -0.25) is 0 Å². The Hall–Kier alpha value is -1.77. The average Bonchev–Trinajstić information content (AvgIpc) is 2.79. The van der Waals surface area contributed by atoms with Gasteiger partial charge in [-0.15, -0.1) is 5.10 Å². The molecule has 3 rings (SSSR count). The third kappa shape index (κ3) is 1.90. The number of hydrogen-bond donors (Lipinski definition) is 1. The molecule has 0 saturated carbocycles. The van der Waals surface area contributed by atoms with Gasteiger partial charge in [-0.2, -0.15) is 0 Å². The largest absolute Gasteiger partial charge is 0.392 e. The molecule has 0 radical (unpaired) electrons. The second-order valence-corrected chi connectivity index (χ2v) is 4.52. The molecule has 2 aromatic heterocycles. The summed E-state index contributed by atoms with van der Waals surface area (Å²) in [5.74, 6) is 0. The van der Waals surface area contributed by atoms with Crippen molar-refractivity contribution >= 4 is 20.5 Å². The Morgan fingerprint density at radius 3 is 2.61 bits per heavy atom. The van der Waals surface area contributed by atoms with Crippen molar-refractivity contribution in [1.29, 1.82) is 0 Å². The van der Waals surface area contributed by atoms with Crippen LogP contribution >= 0.6 is 9.24 Å². The summed E-state index contributed by atoms with van der Waals surface area (Å²) in [4.78, 5) is 4.31. The van der Waals surface area contributed by atoms with E-state index in [0.717, 1.165) is 22.5 Å². The highest BCUT2D eigenvalue weighted by atomic mass is 31.0. The zero-order valence-corrected chi connectivity index (χ0v) is 10.8. The molecule has 3 aromatic rings. The maximum atomic E-state index is 9.04. The van der Waals surface area contributed by atoms with E-state index in [2.05, 4.69) is 19.3 Å². The highest BCUT2D eigenvalue weighted by Crippen LogP contribution is 2.20. The Morgan fingerprint density at radius 1 is 1.11 bits per heavy atom. The molecule has 0 fully saturated rings. The van der Waals surface area contributed by atoms with Crippen LogP contribution in [-0.2, 0) is 6.61 Å². The summed E-state index contributed by atoms with van der Waals surface area (Å²) < 4.78 is 1.82. The Bertz CT molecular complexity index is 691. The molecule has 0 saturated heterocycles. The molecule has 90 valence electrons. The van der Waals surface area contributed by atoms with E-state index in [1.807, 2.05) is 47.0 Å². The fraction of sp³-hybridized carbons (Fsp3) is 0.0769. The second kappa shape index (κ2) is 4.48. The number of hydrogen-bond acceptors (Lipinski definition) is 3. The van der Waals surface area contributed by atoms with Gasteiger partial charge in [-0.05, 0) is 17.7 Å². The topological polar surface area (TPSA) is 50.4 Å². The highest BCUT2D eigenvalue weighted by Gasteiger charge is 2.06. The molecule has 0 aliphatic heterocycles. The van der Waals surface area contributed by atoms with Crippen molar-refractivity contribution in [1.82, 2.24) is 14.6 Å². The summed E-state index contributed by atoms with van der Waals surface area (Å²) >= 11 is 0. The van der Waals surface area contributed by atoms with Crippen LogP contribution in [0.1, 0.15) is 5.56 Å². The summed E-state index contributed by atoms with van der Waals surface area (Å²) in [6, 6.07) is 13.7. The first-order valence-corrected chi connectivity index (χ1v) is 6.17. The standard InChI is InChI=1S/C13H12N3OP/c17-8-9-4-6-10(7-5-9)11-2-1-3-12-14-13(18)15-16(11)12/h1-7,17H,8,18H2. The first-order valence-electron chi connectivity index (χ1n) is 5.59. The van der Waals surface area contributed by atoms with Crippen molar-refractivity contribution in [2.45, 2.75) is 6.61 Å². The van der Waals surface area contributed by atoms with Crippen LogP contribution in [0, 0.1) is 0 Å². The lowest BCUT2D eigenvalue weighted by molar-refractivity contribution is 0.282. The van der Waals surface area contributed by atoms with Crippen molar-refractivity contribution < 1.29 is 5.11 Å². The molecule has 0 aliphatic rings. The molecule has 1 aromatic carbocycles. The summed E-state index contributed by atoms with van der Waals surface area (Å²) in [6.45, 7) is 0.0591. The predicted octanol–water partition coefficient (Wildman–Crippen LogP) is 1.39. The van der Waals surface area contributed by atoms with Gasteiger partial charge in [0.05, 0.1) is 12.3 Å². The molecular weight excluding hydrogens is 245 g/mol. The number of nitrogens with zero attached hydrogens (tertiary/aromatic N) is 3. The number of aromatic nitrogens is 3. The van der Waals surface area contributed by atoms with E-state index in [0.29, 0.717) is 5.57 Å². The summed E-state index contributed by atoms with van der Waals surface area (Å²) in [6.07, 6.45) is 0. The summed E-state index contributed by atoms with van der Waals surface area (Å²) in [5.41, 5.74) is 4.43. The zero-order valence-electron chi connectivity index (χ0n) is 9.61. The number of aliphatic hydroxyl groups is 1. The molecule has 0 amide bonds. The van der Waals surface area contributed by atoms with Crippen molar-refractivity contribution in [3.05, 3.63) is 48.0 Å². The lowest BCUT2D eigenvalue weighted by atomic mass is 10.1. The monoisotopic (exact) mass is 257 g/mol. The van der Waals surface area contributed by atoms with Gasteiger partial charge in [-0.25, -0.2) is 9.50 Å². The molecule has 1 atom stereocenters. The Balaban J connectivity index is 2.17. The van der Waals surface area contributed by atoms with Gasteiger partial charge >= 0.3 is 0 Å². The third-order valence-electron chi connectivity index (χ3n) is 2.81. The molecule has 0 spiro atoms. The van der Waals surface area contributed by atoms with E-state index in [1.54, 1.807) is 0 Å². The van der Waals surface area contributed by atoms with E-state index in [-0.39, 0.29) is 6.61 Å². The van der Waals surface area contributed by atoms with Crippen LogP contribution in [0.15, 0.2) is 42.5 Å². The SMILES string of the molecule is OCc1ccc(-c2cccc3nc(P)nn23)cc1. The van der Waals surface area contributed by atoms with Crippen molar-refractivity contribution in [3.63, 3.8) is 0 Å². The van der Waals surface area contributed by atoms with Gasteiger partial charge in [0.2, 0.25) is 0 Å². The molecule has 2 heterocycles. The van der Waals surface area contributed by atoms with Crippen LogP contribution in [0.25, 0.3) is 16.9 Å². The van der Waals surface area contributed by atoms with Crippen LogP contribution in [0.3, 0.4) is 0 Å². The van der Waals surface area contributed by atoms with E-state index in [4.69, 9.17) is 5.11 Å². The minimum absolute atomic E-state index is 0.0591. The van der Waals surface area contributed by atoms with Crippen molar-refractivity contribution in [2.24, 2.45) is 0 Å². The fourth-order valence-corrected chi connectivity index (χ4v) is 2.17. The molecule has 1 N–H and O–H groups in total. The minimum Gasteiger partial charge on any atom is -0.392 e. The Labute approximate surface area is 107 Å². The van der Waals surface area contributed by atoms with Crippen LogP contribution in [0.2, 0.25) is 0 Å². The Morgan fingerprint density at radius 2 is 1.89 bits per heavy atom. The van der Waals surface area contributed by atoms with E-state index >= 15 is 0 Å². The fourth-order valence-electron chi connectivity index (χ4n) is 1.92. The summed E-state index contributed by atoms with van der Waals surface area (Å²) in [5, 5.41) is 13.4. The van der Waals surface area contributed by atoms with Gasteiger partial charge in [0.25, 0.3) is 0 Å². The van der Waals surface area contributed by atoms with E-state index in [1.165, 1.54) is 0 Å². The van der Waals surface area contributed by atoms with Gasteiger partial charge in [-0.1, -0.05) is 39.6 Å². The number of fused-ring (bicyclic) bond motifs is 1. The smallest absolute Gasteiger partial charge is 0.167 e. The van der Waals surface area contributed by atoms with Gasteiger partial charge in [0.15, 0.2) is 11.2 Å². The van der Waals surface area contributed by atoms with Crippen LogP contribution in [-0.4, -0.2) is 19.7 Å². The minimum atomic E-state index is 0.0591. The summed E-state index contributed by atoms with van der Waals surface area (Å²) in [7, 11) is 2.50. The van der Waals surface area contributed by atoms with E-state index in [9.17, 15) is 0 Å². The second-order valence-electron chi connectivity index (χ2n) is 4.01.